The number of nitrogens with two attached hydrogens (primary N) is 1. The lowest BCUT2D eigenvalue weighted by Gasteiger charge is -2.34. The quantitative estimate of drug-likeness (QED) is 0.326. The van der Waals surface area contributed by atoms with Crippen LogP contribution in [0.5, 0.6) is 5.88 Å². The molecule has 0 radical (unpaired) electrons. The second-order valence-electron chi connectivity index (χ2n) is 11.3. The predicted octanol–water partition coefficient (Wildman–Crippen LogP) is 3.65. The van der Waals surface area contributed by atoms with Crippen molar-refractivity contribution in [3.05, 3.63) is 48.9 Å². The van der Waals surface area contributed by atoms with Gasteiger partial charge in [0.1, 0.15) is 11.4 Å². The van der Waals surface area contributed by atoms with Crippen molar-refractivity contribution in [2.24, 2.45) is 14.1 Å². The minimum absolute atomic E-state index is 0.0989. The fourth-order valence-electron chi connectivity index (χ4n) is 4.87. The maximum atomic E-state index is 12.6. The zero-order chi connectivity index (χ0) is 30.0. The maximum Gasteiger partial charge on any atom is 0.410 e. The highest BCUT2D eigenvalue weighted by Crippen LogP contribution is 2.32. The average molecular weight is 576 g/mol. The van der Waals surface area contributed by atoms with Crippen LogP contribution in [-0.2, 0) is 18.8 Å². The van der Waals surface area contributed by atoms with E-state index in [-0.39, 0.29) is 12.0 Å². The number of likely N-dealkylation sites (tertiary alicyclic amines) is 1. The number of rotatable bonds is 4. The molecule has 1 aliphatic rings. The number of fused-ring (bicyclic) bond motifs is 1. The SMILES string of the molecule is COc1cc(C2CCCN(C(=O)OC(C)(C)C)C2)nc2c(-c3cnn(C)c3)cnn12.Cn1cc(-c2cn[nH]c2N)cn1. The van der Waals surface area contributed by atoms with Gasteiger partial charge < -0.3 is 20.1 Å². The molecule has 1 aliphatic heterocycles. The summed E-state index contributed by atoms with van der Waals surface area (Å²) in [5.74, 6) is 1.28. The van der Waals surface area contributed by atoms with E-state index in [2.05, 4.69) is 25.5 Å². The first kappa shape index (κ1) is 28.6. The molecular weight excluding hydrogens is 538 g/mol. The molecular formula is C28H37N11O3. The highest BCUT2D eigenvalue weighted by Gasteiger charge is 2.30. The van der Waals surface area contributed by atoms with Gasteiger partial charge in [-0.2, -0.15) is 24.9 Å². The number of hydrogen-bond acceptors (Lipinski definition) is 9. The number of carbonyl (C=O) groups excluding carboxylic acids is 1. The summed E-state index contributed by atoms with van der Waals surface area (Å²) in [4.78, 5) is 19.3. The van der Waals surface area contributed by atoms with E-state index in [4.69, 9.17) is 20.2 Å². The standard InChI is InChI=1S/C21H28N6O3.C7H9N5/c1-21(2,3)30-20(28)26-8-6-7-14(13-26)17-9-18(29-5)27-19(24-17)16(11-23-27)15-10-22-25(4)12-15;1-12-4-5(2-10-12)6-3-9-11-7(6)8/h9-12,14H,6-8,13H2,1-5H3;2-4H,1H3,(H3,8,9,11). The van der Waals surface area contributed by atoms with E-state index in [9.17, 15) is 4.79 Å². The minimum Gasteiger partial charge on any atom is -0.481 e. The summed E-state index contributed by atoms with van der Waals surface area (Å²) in [5.41, 5.74) is 10.4. The number of piperidine rings is 1. The van der Waals surface area contributed by atoms with Crippen LogP contribution in [0.4, 0.5) is 10.6 Å². The largest absolute Gasteiger partial charge is 0.481 e. The summed E-state index contributed by atoms with van der Waals surface area (Å²) in [6, 6.07) is 1.91. The normalized spacial score (nSPS) is 15.4. The van der Waals surface area contributed by atoms with Crippen LogP contribution < -0.4 is 10.5 Å². The summed E-state index contributed by atoms with van der Waals surface area (Å²) in [6.45, 7) is 6.90. The van der Waals surface area contributed by atoms with Crippen LogP contribution in [0.1, 0.15) is 45.2 Å². The molecule has 42 heavy (non-hydrogen) atoms. The molecule has 1 amide bonds. The van der Waals surface area contributed by atoms with Crippen molar-refractivity contribution in [2.75, 3.05) is 25.9 Å². The van der Waals surface area contributed by atoms with Crippen molar-refractivity contribution in [2.45, 2.75) is 45.1 Å². The Morgan fingerprint density at radius 1 is 1.02 bits per heavy atom. The smallest absolute Gasteiger partial charge is 0.410 e. The molecule has 5 aromatic rings. The van der Waals surface area contributed by atoms with E-state index >= 15 is 0 Å². The topological polar surface area (TPSA) is 159 Å². The number of H-pyrrole nitrogens is 1. The lowest BCUT2D eigenvalue weighted by molar-refractivity contribution is 0.0197. The zero-order valence-electron chi connectivity index (χ0n) is 24.8. The number of methoxy groups -OCH3 is 1. The van der Waals surface area contributed by atoms with E-state index in [1.54, 1.807) is 50.7 Å². The van der Waals surface area contributed by atoms with Gasteiger partial charge in [-0.3, -0.25) is 14.5 Å². The molecule has 0 saturated carbocycles. The van der Waals surface area contributed by atoms with Gasteiger partial charge in [-0.05, 0) is 33.6 Å². The van der Waals surface area contributed by atoms with Crippen molar-refractivity contribution in [1.82, 2.24) is 49.3 Å². The molecule has 6 heterocycles. The maximum absolute atomic E-state index is 12.6. The number of nitrogens with zero attached hydrogens (tertiary/aromatic N) is 9. The lowest BCUT2D eigenvalue weighted by Crippen LogP contribution is -2.42. The van der Waals surface area contributed by atoms with E-state index in [1.165, 1.54) is 0 Å². The van der Waals surface area contributed by atoms with Gasteiger partial charge in [-0.25, -0.2) is 9.78 Å². The molecule has 1 unspecified atom stereocenters. The third kappa shape index (κ3) is 6.21. The average Bonchev–Trinajstić information content (AvgIpc) is 3.75. The van der Waals surface area contributed by atoms with E-state index in [0.717, 1.165) is 40.8 Å². The monoisotopic (exact) mass is 575 g/mol. The number of ether oxygens (including phenoxy) is 2. The predicted molar refractivity (Wildman–Crippen MR) is 157 cm³/mol. The molecule has 1 fully saturated rings. The zero-order valence-corrected chi connectivity index (χ0v) is 24.8. The van der Waals surface area contributed by atoms with Crippen LogP contribution in [0.2, 0.25) is 0 Å². The van der Waals surface area contributed by atoms with E-state index in [1.807, 2.05) is 53.3 Å². The van der Waals surface area contributed by atoms with Crippen molar-refractivity contribution in [3.8, 4) is 28.1 Å². The Labute approximate surface area is 243 Å². The van der Waals surface area contributed by atoms with Gasteiger partial charge in [-0.15, -0.1) is 0 Å². The molecule has 0 bridgehead atoms. The molecule has 0 aromatic carbocycles. The molecule has 5 aromatic heterocycles. The lowest BCUT2D eigenvalue weighted by atomic mass is 9.94. The molecule has 14 heteroatoms. The Bertz CT molecular complexity index is 1670. The Balaban J connectivity index is 0.000000244. The Morgan fingerprint density at radius 3 is 2.29 bits per heavy atom. The van der Waals surface area contributed by atoms with E-state index < -0.39 is 5.60 Å². The van der Waals surface area contributed by atoms with Crippen molar-refractivity contribution in [3.63, 3.8) is 0 Å². The van der Waals surface area contributed by atoms with Crippen LogP contribution in [0.15, 0.2) is 43.2 Å². The number of anilines is 1. The van der Waals surface area contributed by atoms with Crippen molar-refractivity contribution < 1.29 is 14.3 Å². The molecule has 3 N–H and O–H groups in total. The molecule has 222 valence electrons. The van der Waals surface area contributed by atoms with Gasteiger partial charge in [0.15, 0.2) is 5.65 Å². The summed E-state index contributed by atoms with van der Waals surface area (Å²) in [7, 11) is 5.36. The van der Waals surface area contributed by atoms with Gasteiger partial charge in [-0.1, -0.05) is 0 Å². The Hall–Kier alpha value is -4.88. The summed E-state index contributed by atoms with van der Waals surface area (Å²) in [5, 5.41) is 19.2. The van der Waals surface area contributed by atoms with Crippen molar-refractivity contribution in [1.29, 1.82) is 0 Å². The first-order chi connectivity index (χ1) is 20.0. The van der Waals surface area contributed by atoms with Gasteiger partial charge in [0.05, 0.1) is 37.6 Å². The molecule has 6 rings (SSSR count). The summed E-state index contributed by atoms with van der Waals surface area (Å²) < 4.78 is 16.3. The highest BCUT2D eigenvalue weighted by molar-refractivity contribution is 5.77. The van der Waals surface area contributed by atoms with Crippen LogP contribution in [0.3, 0.4) is 0 Å². The van der Waals surface area contributed by atoms with Crippen LogP contribution in [0.25, 0.3) is 27.9 Å². The minimum atomic E-state index is -0.513. The number of amides is 1. The van der Waals surface area contributed by atoms with Crippen LogP contribution in [0, 0.1) is 0 Å². The highest BCUT2D eigenvalue weighted by atomic mass is 16.6. The summed E-state index contributed by atoms with van der Waals surface area (Å²) >= 11 is 0. The Morgan fingerprint density at radius 2 is 1.71 bits per heavy atom. The molecule has 0 aliphatic carbocycles. The Kier molecular flexibility index (Phi) is 7.87. The number of nitrogen functional groups attached to an aromatic ring is 1. The number of nitrogens with one attached hydrogen (secondary N) is 1. The number of aromatic nitrogens is 9. The van der Waals surface area contributed by atoms with Gasteiger partial charge in [0.25, 0.3) is 0 Å². The molecule has 0 spiro atoms. The first-order valence-electron chi connectivity index (χ1n) is 13.7. The summed E-state index contributed by atoms with van der Waals surface area (Å²) in [6.07, 6.45) is 12.4. The number of aryl methyl sites for hydroxylation is 2. The second-order valence-corrected chi connectivity index (χ2v) is 11.3. The molecule has 1 atom stereocenters. The third-order valence-corrected chi connectivity index (χ3v) is 6.86. The fraction of sp³-hybridized carbons (Fsp3) is 0.429. The van der Waals surface area contributed by atoms with Gasteiger partial charge in [0, 0.05) is 73.8 Å². The second kappa shape index (κ2) is 11.5. The van der Waals surface area contributed by atoms with E-state index in [0.29, 0.717) is 30.4 Å². The molecule has 1 saturated heterocycles. The number of hydrogen-bond donors (Lipinski definition) is 2. The van der Waals surface area contributed by atoms with Gasteiger partial charge >= 0.3 is 6.09 Å². The third-order valence-electron chi connectivity index (χ3n) is 6.86. The number of aromatic amines is 1. The first-order valence-corrected chi connectivity index (χ1v) is 13.7. The van der Waals surface area contributed by atoms with Crippen LogP contribution in [-0.4, -0.2) is 81.1 Å². The number of carbonyl (C=O) groups is 1. The van der Waals surface area contributed by atoms with Gasteiger partial charge in [0.2, 0.25) is 5.88 Å². The molecule has 14 nitrogen and oxygen atoms in total. The fourth-order valence-corrected chi connectivity index (χ4v) is 4.87. The van der Waals surface area contributed by atoms with Crippen molar-refractivity contribution >= 4 is 17.6 Å². The van der Waals surface area contributed by atoms with Crippen LogP contribution >= 0.6 is 0 Å².